The largest absolute Gasteiger partial charge is 0.363 e. The van der Waals surface area contributed by atoms with E-state index < -0.39 is 11.2 Å². The van der Waals surface area contributed by atoms with Crippen molar-refractivity contribution in [3.8, 4) is 0 Å². The zero-order valence-corrected chi connectivity index (χ0v) is 10.3. The van der Waals surface area contributed by atoms with Crippen molar-refractivity contribution in [3.63, 3.8) is 0 Å². The molecule has 0 unspecified atom stereocenters. The maximum atomic E-state index is 11.3. The van der Waals surface area contributed by atoms with Gasteiger partial charge in [0.15, 0.2) is 0 Å². The number of H-pyrrole nitrogens is 2. The van der Waals surface area contributed by atoms with Gasteiger partial charge in [-0.05, 0) is 12.1 Å². The molecular formula is C11H12N4O2S. The molecule has 0 saturated heterocycles. The Morgan fingerprint density at radius 2 is 2.00 bits per heavy atom. The van der Waals surface area contributed by atoms with Crippen LogP contribution in [0, 0.1) is 0 Å². The van der Waals surface area contributed by atoms with E-state index in [1.807, 2.05) is 30.3 Å². The molecule has 94 valence electrons. The fourth-order valence-electron chi connectivity index (χ4n) is 1.32. The van der Waals surface area contributed by atoms with Crippen molar-refractivity contribution < 1.29 is 0 Å². The number of hydrogen-bond acceptors (Lipinski definition) is 5. The summed E-state index contributed by atoms with van der Waals surface area (Å²) in [6, 6.07) is 9.96. The van der Waals surface area contributed by atoms with Gasteiger partial charge >= 0.3 is 5.69 Å². The zero-order valence-electron chi connectivity index (χ0n) is 9.47. The smallest absolute Gasteiger partial charge is 0.342 e. The second-order valence-corrected chi connectivity index (χ2v) is 4.61. The summed E-state index contributed by atoms with van der Waals surface area (Å²) >= 11 is 1.67. The first-order valence-corrected chi connectivity index (χ1v) is 6.35. The topological polar surface area (TPSA) is 90.6 Å². The van der Waals surface area contributed by atoms with E-state index >= 15 is 0 Å². The summed E-state index contributed by atoms with van der Waals surface area (Å²) in [5.74, 6) is 0.924. The van der Waals surface area contributed by atoms with Gasteiger partial charge in [-0.15, -0.1) is 16.9 Å². The van der Waals surface area contributed by atoms with Gasteiger partial charge in [0.05, 0.1) is 0 Å². The van der Waals surface area contributed by atoms with Crippen LogP contribution in [0.2, 0.25) is 0 Å². The lowest BCUT2D eigenvalue weighted by atomic mass is 10.4. The third kappa shape index (κ3) is 3.49. The number of thioether (sulfide) groups is 1. The SMILES string of the molecule is O=c1[nH]nc(NCCSc2ccccc2)c(=O)[nH]1. The number of aromatic amines is 2. The van der Waals surface area contributed by atoms with E-state index in [4.69, 9.17) is 0 Å². The maximum absolute atomic E-state index is 11.3. The first-order valence-electron chi connectivity index (χ1n) is 5.36. The first kappa shape index (κ1) is 12.4. The van der Waals surface area contributed by atoms with Crippen LogP contribution in [-0.2, 0) is 0 Å². The fraction of sp³-hybridized carbons (Fsp3) is 0.182. The summed E-state index contributed by atoms with van der Waals surface area (Å²) in [7, 11) is 0. The first-order chi connectivity index (χ1) is 8.75. The van der Waals surface area contributed by atoms with E-state index in [1.54, 1.807) is 11.8 Å². The molecule has 3 N–H and O–H groups in total. The molecule has 0 fully saturated rings. The van der Waals surface area contributed by atoms with Crippen LogP contribution in [0.25, 0.3) is 0 Å². The maximum Gasteiger partial charge on any atom is 0.342 e. The summed E-state index contributed by atoms with van der Waals surface area (Å²) in [6.45, 7) is 0.585. The molecule has 0 aliphatic heterocycles. The standard InChI is InChI=1S/C11H12N4O2S/c16-10-9(14-15-11(17)13-10)12-6-7-18-8-4-2-1-3-5-8/h1-5H,6-7H2,(H,12,14)(H2,13,15,16,17). The van der Waals surface area contributed by atoms with Gasteiger partial charge in [0.2, 0.25) is 5.82 Å². The van der Waals surface area contributed by atoms with Crippen molar-refractivity contribution in [1.82, 2.24) is 15.2 Å². The number of nitrogens with zero attached hydrogens (tertiary/aromatic N) is 1. The highest BCUT2D eigenvalue weighted by Gasteiger charge is 2.00. The average Bonchev–Trinajstić information content (AvgIpc) is 2.38. The number of anilines is 1. The molecule has 6 nitrogen and oxygen atoms in total. The lowest BCUT2D eigenvalue weighted by molar-refractivity contribution is 0.887. The van der Waals surface area contributed by atoms with Crippen molar-refractivity contribution in [1.29, 1.82) is 0 Å². The molecule has 0 bridgehead atoms. The molecule has 1 aromatic heterocycles. The lowest BCUT2D eigenvalue weighted by Crippen LogP contribution is -2.27. The van der Waals surface area contributed by atoms with E-state index in [9.17, 15) is 9.59 Å². The van der Waals surface area contributed by atoms with Gasteiger partial charge in [0.1, 0.15) is 0 Å². The number of nitrogens with one attached hydrogen (secondary N) is 3. The second kappa shape index (κ2) is 6.06. The molecule has 0 aliphatic carbocycles. The summed E-state index contributed by atoms with van der Waals surface area (Å²) in [6.07, 6.45) is 0. The predicted molar refractivity (Wildman–Crippen MR) is 71.1 cm³/mol. The third-order valence-corrected chi connectivity index (χ3v) is 3.13. The minimum atomic E-state index is -0.607. The molecule has 0 amide bonds. The van der Waals surface area contributed by atoms with Crippen LogP contribution in [0.1, 0.15) is 0 Å². The molecule has 2 aromatic rings. The Bertz CT molecular complexity index is 608. The van der Waals surface area contributed by atoms with E-state index in [2.05, 4.69) is 20.5 Å². The lowest BCUT2D eigenvalue weighted by Gasteiger charge is -2.03. The second-order valence-electron chi connectivity index (χ2n) is 3.44. The van der Waals surface area contributed by atoms with E-state index in [0.717, 1.165) is 5.75 Å². The summed E-state index contributed by atoms with van der Waals surface area (Å²) in [5.41, 5.74) is -1.12. The number of hydrogen-bond donors (Lipinski definition) is 3. The Balaban J connectivity index is 1.82. The minimum Gasteiger partial charge on any atom is -0.363 e. The Labute approximate surface area is 107 Å². The average molecular weight is 264 g/mol. The highest BCUT2D eigenvalue weighted by atomic mass is 32.2. The summed E-state index contributed by atoms with van der Waals surface area (Å²) in [5, 5.41) is 8.65. The van der Waals surface area contributed by atoms with Crippen molar-refractivity contribution in [2.24, 2.45) is 0 Å². The third-order valence-electron chi connectivity index (χ3n) is 2.12. The quantitative estimate of drug-likeness (QED) is 0.545. The molecule has 0 spiro atoms. The van der Waals surface area contributed by atoms with E-state index in [1.165, 1.54) is 4.90 Å². The van der Waals surface area contributed by atoms with Crippen LogP contribution in [0.5, 0.6) is 0 Å². The van der Waals surface area contributed by atoms with Crippen LogP contribution in [0.3, 0.4) is 0 Å². The van der Waals surface area contributed by atoms with Crippen LogP contribution in [0.15, 0.2) is 44.8 Å². The molecule has 1 aromatic carbocycles. The van der Waals surface area contributed by atoms with Crippen molar-refractivity contribution in [3.05, 3.63) is 51.2 Å². The monoisotopic (exact) mass is 264 g/mol. The van der Waals surface area contributed by atoms with Crippen molar-refractivity contribution in [2.75, 3.05) is 17.6 Å². The van der Waals surface area contributed by atoms with Gasteiger partial charge in [0, 0.05) is 17.2 Å². The number of aromatic nitrogens is 3. The number of rotatable bonds is 5. The van der Waals surface area contributed by atoms with Crippen LogP contribution >= 0.6 is 11.8 Å². The van der Waals surface area contributed by atoms with Gasteiger partial charge in [-0.2, -0.15) is 0 Å². The molecule has 7 heteroatoms. The Kier molecular flexibility index (Phi) is 4.19. The van der Waals surface area contributed by atoms with E-state index in [-0.39, 0.29) is 5.82 Å². The predicted octanol–water partition coefficient (Wildman–Crippen LogP) is 0.662. The molecule has 0 radical (unpaired) electrons. The molecule has 0 aliphatic rings. The Hall–Kier alpha value is -2.02. The highest BCUT2D eigenvalue weighted by Crippen LogP contribution is 2.15. The van der Waals surface area contributed by atoms with Crippen LogP contribution in [0.4, 0.5) is 5.82 Å². The van der Waals surface area contributed by atoms with Gasteiger partial charge in [-0.1, -0.05) is 18.2 Å². The van der Waals surface area contributed by atoms with Gasteiger partial charge in [-0.3, -0.25) is 9.78 Å². The van der Waals surface area contributed by atoms with Crippen molar-refractivity contribution >= 4 is 17.6 Å². The normalized spacial score (nSPS) is 10.2. The Morgan fingerprint density at radius 3 is 2.72 bits per heavy atom. The molecule has 0 saturated carbocycles. The summed E-state index contributed by atoms with van der Waals surface area (Å²) in [4.78, 5) is 25.3. The van der Waals surface area contributed by atoms with E-state index in [0.29, 0.717) is 6.54 Å². The molecule has 18 heavy (non-hydrogen) atoms. The molecule has 1 heterocycles. The molecule has 0 atom stereocenters. The van der Waals surface area contributed by atoms with Crippen LogP contribution < -0.4 is 16.6 Å². The highest BCUT2D eigenvalue weighted by molar-refractivity contribution is 7.99. The minimum absolute atomic E-state index is 0.128. The van der Waals surface area contributed by atoms with Gasteiger partial charge in [-0.25, -0.2) is 9.89 Å². The molecule has 2 rings (SSSR count). The van der Waals surface area contributed by atoms with Gasteiger partial charge < -0.3 is 5.32 Å². The van der Waals surface area contributed by atoms with Crippen LogP contribution in [-0.4, -0.2) is 27.5 Å². The van der Waals surface area contributed by atoms with Crippen molar-refractivity contribution in [2.45, 2.75) is 4.90 Å². The van der Waals surface area contributed by atoms with Gasteiger partial charge in [0.25, 0.3) is 5.56 Å². The summed E-state index contributed by atoms with van der Waals surface area (Å²) < 4.78 is 0. The fourth-order valence-corrected chi connectivity index (χ4v) is 2.11. The zero-order chi connectivity index (χ0) is 12.8. The molecular weight excluding hydrogens is 252 g/mol. The number of benzene rings is 1. The Morgan fingerprint density at radius 1 is 1.22 bits per heavy atom.